The Kier molecular flexibility index (Phi) is 4.71. The Morgan fingerprint density at radius 3 is 2.72 bits per heavy atom. The van der Waals surface area contributed by atoms with Crippen molar-refractivity contribution < 1.29 is 19.2 Å². The van der Waals surface area contributed by atoms with Gasteiger partial charge in [-0.25, -0.2) is 9.78 Å². The van der Waals surface area contributed by atoms with Gasteiger partial charge in [-0.1, -0.05) is 12.1 Å². The number of nitro groups is 1. The zero-order valence-electron chi connectivity index (χ0n) is 15.6. The molecule has 1 aromatic heterocycles. The highest BCUT2D eigenvalue weighted by Crippen LogP contribution is 2.33. The Morgan fingerprint density at radius 1 is 1.24 bits per heavy atom. The monoisotopic (exact) mass is 394 g/mol. The van der Waals surface area contributed by atoms with Crippen LogP contribution in [0.3, 0.4) is 0 Å². The lowest BCUT2D eigenvalue weighted by atomic mass is 10.1. The number of H-pyrrole nitrogens is 1. The number of hydrogen-bond donors (Lipinski definition) is 1. The number of esters is 1. The van der Waals surface area contributed by atoms with Crippen LogP contribution in [0.15, 0.2) is 42.5 Å². The van der Waals surface area contributed by atoms with Gasteiger partial charge in [0.15, 0.2) is 0 Å². The van der Waals surface area contributed by atoms with Crippen molar-refractivity contribution in [2.24, 2.45) is 0 Å². The molecule has 9 nitrogen and oxygen atoms in total. The summed E-state index contributed by atoms with van der Waals surface area (Å²) in [5.74, 6) is -0.449. The number of carbonyl (C=O) groups excluding carboxylic acids is 2. The summed E-state index contributed by atoms with van der Waals surface area (Å²) in [6, 6.07) is 10.9. The largest absolute Gasteiger partial charge is 0.465 e. The third-order valence-corrected chi connectivity index (χ3v) is 5.03. The molecule has 0 aliphatic carbocycles. The van der Waals surface area contributed by atoms with Gasteiger partial charge in [-0.3, -0.25) is 14.9 Å². The maximum Gasteiger partial charge on any atom is 0.338 e. The predicted octanol–water partition coefficient (Wildman–Crippen LogP) is 3.24. The highest BCUT2D eigenvalue weighted by Gasteiger charge is 2.33. The third kappa shape index (κ3) is 3.42. The van der Waals surface area contributed by atoms with E-state index in [-0.39, 0.29) is 28.8 Å². The molecule has 0 spiro atoms. The summed E-state index contributed by atoms with van der Waals surface area (Å²) < 4.78 is 4.65. The second-order valence-electron chi connectivity index (χ2n) is 6.81. The minimum atomic E-state index is -0.738. The predicted molar refractivity (Wildman–Crippen MR) is 104 cm³/mol. The van der Waals surface area contributed by atoms with E-state index in [0.717, 1.165) is 29.9 Å². The van der Waals surface area contributed by atoms with E-state index in [2.05, 4.69) is 14.7 Å². The lowest BCUT2D eigenvalue weighted by Gasteiger charge is -2.23. The van der Waals surface area contributed by atoms with Gasteiger partial charge in [-0.05, 0) is 31.0 Å². The molecule has 2 aromatic carbocycles. The summed E-state index contributed by atoms with van der Waals surface area (Å²) in [7, 11) is 1.18. The van der Waals surface area contributed by atoms with Crippen molar-refractivity contribution >= 4 is 28.6 Å². The van der Waals surface area contributed by atoms with Crippen molar-refractivity contribution in [1.82, 2.24) is 14.9 Å². The first-order valence-corrected chi connectivity index (χ1v) is 9.11. The number of carbonyl (C=O) groups is 2. The Bertz CT molecular complexity index is 1090. The number of ether oxygens (including phenoxy) is 1. The molecule has 1 fully saturated rings. The number of rotatable bonds is 4. The molecule has 1 aliphatic heterocycles. The first kappa shape index (κ1) is 18.6. The molecule has 1 saturated heterocycles. The number of imidazole rings is 1. The summed E-state index contributed by atoms with van der Waals surface area (Å²) >= 11 is 0. The van der Waals surface area contributed by atoms with Gasteiger partial charge in [0.2, 0.25) is 0 Å². The number of aromatic amines is 1. The van der Waals surface area contributed by atoms with Gasteiger partial charge < -0.3 is 14.6 Å². The van der Waals surface area contributed by atoms with E-state index in [1.165, 1.54) is 19.2 Å². The lowest BCUT2D eigenvalue weighted by molar-refractivity contribution is -0.384. The first-order valence-electron chi connectivity index (χ1n) is 9.11. The van der Waals surface area contributed by atoms with Crippen molar-refractivity contribution in [3.8, 4) is 0 Å². The topological polar surface area (TPSA) is 118 Å². The van der Waals surface area contributed by atoms with Gasteiger partial charge in [-0.2, -0.15) is 0 Å². The SMILES string of the molecule is COC(=O)c1cc(C(=O)N2CCCC2c2nc3ccccc3[nH]2)cc([N+](=O)[O-])c1. The smallest absolute Gasteiger partial charge is 0.338 e. The van der Waals surface area contributed by atoms with Crippen LogP contribution in [0.4, 0.5) is 5.69 Å². The molecule has 3 aromatic rings. The number of benzene rings is 2. The van der Waals surface area contributed by atoms with E-state index < -0.39 is 10.9 Å². The molecular formula is C20H18N4O5. The van der Waals surface area contributed by atoms with Crippen molar-refractivity contribution in [1.29, 1.82) is 0 Å². The standard InChI is InChI=1S/C20H18N4O5/c1-29-20(26)13-9-12(10-14(11-13)24(27)28)19(25)23-8-4-7-17(23)18-21-15-5-2-3-6-16(15)22-18/h2-3,5-6,9-11,17H,4,7-8H2,1H3,(H,21,22). The van der Waals surface area contributed by atoms with Crippen LogP contribution in [0, 0.1) is 10.1 Å². The fourth-order valence-electron chi connectivity index (χ4n) is 3.67. The molecule has 1 aliphatic rings. The number of hydrogen-bond acceptors (Lipinski definition) is 6. The van der Waals surface area contributed by atoms with E-state index in [0.29, 0.717) is 12.4 Å². The van der Waals surface area contributed by atoms with Crippen LogP contribution < -0.4 is 0 Å². The van der Waals surface area contributed by atoms with Gasteiger partial charge in [0, 0.05) is 24.2 Å². The van der Waals surface area contributed by atoms with Crippen LogP contribution in [-0.2, 0) is 4.74 Å². The molecule has 2 heterocycles. The van der Waals surface area contributed by atoms with Crippen LogP contribution in [0.25, 0.3) is 11.0 Å². The second kappa shape index (κ2) is 7.34. The summed E-state index contributed by atoms with van der Waals surface area (Å²) in [6.45, 7) is 0.497. The van der Waals surface area contributed by atoms with E-state index in [1.807, 2.05) is 24.3 Å². The van der Waals surface area contributed by atoms with Crippen LogP contribution in [0.5, 0.6) is 0 Å². The Hall–Kier alpha value is -3.75. The highest BCUT2D eigenvalue weighted by molar-refractivity contribution is 5.99. The fraction of sp³-hybridized carbons (Fsp3) is 0.250. The van der Waals surface area contributed by atoms with E-state index in [4.69, 9.17) is 0 Å². The number of aromatic nitrogens is 2. The minimum absolute atomic E-state index is 0.0375. The summed E-state index contributed by atoms with van der Waals surface area (Å²) in [6.07, 6.45) is 1.51. The molecule has 9 heteroatoms. The molecule has 4 rings (SSSR count). The molecule has 1 amide bonds. The molecule has 1 atom stereocenters. The number of non-ortho nitro benzene ring substituents is 1. The number of nitro benzene ring substituents is 1. The van der Waals surface area contributed by atoms with Crippen LogP contribution in [0.2, 0.25) is 0 Å². The zero-order valence-corrected chi connectivity index (χ0v) is 15.6. The number of amides is 1. The maximum atomic E-state index is 13.2. The Morgan fingerprint density at radius 2 is 2.00 bits per heavy atom. The average Bonchev–Trinajstić information content (AvgIpc) is 3.38. The lowest BCUT2D eigenvalue weighted by Crippen LogP contribution is -2.31. The molecule has 0 bridgehead atoms. The normalized spacial score (nSPS) is 16.2. The second-order valence-corrected chi connectivity index (χ2v) is 6.81. The van der Waals surface area contributed by atoms with Gasteiger partial charge in [-0.15, -0.1) is 0 Å². The zero-order chi connectivity index (χ0) is 20.5. The highest BCUT2D eigenvalue weighted by atomic mass is 16.6. The third-order valence-electron chi connectivity index (χ3n) is 5.03. The van der Waals surface area contributed by atoms with Gasteiger partial charge >= 0.3 is 5.97 Å². The van der Waals surface area contributed by atoms with E-state index >= 15 is 0 Å². The Balaban J connectivity index is 1.70. The first-order chi connectivity index (χ1) is 14.0. The van der Waals surface area contributed by atoms with E-state index in [1.54, 1.807) is 4.90 Å². The van der Waals surface area contributed by atoms with Crippen molar-refractivity contribution in [3.63, 3.8) is 0 Å². The summed E-state index contributed by atoms with van der Waals surface area (Å²) in [5.41, 5.74) is 1.39. The molecule has 148 valence electrons. The number of likely N-dealkylation sites (tertiary alicyclic amines) is 1. The number of methoxy groups -OCH3 is 1. The average molecular weight is 394 g/mol. The van der Waals surface area contributed by atoms with Crippen molar-refractivity contribution in [2.75, 3.05) is 13.7 Å². The molecule has 29 heavy (non-hydrogen) atoms. The molecule has 0 radical (unpaired) electrons. The van der Waals surface area contributed by atoms with Crippen LogP contribution in [0.1, 0.15) is 45.4 Å². The quantitative estimate of drug-likeness (QED) is 0.412. The number of nitrogens with one attached hydrogen (secondary N) is 1. The maximum absolute atomic E-state index is 13.2. The molecule has 1 unspecified atom stereocenters. The summed E-state index contributed by atoms with van der Waals surface area (Å²) in [4.78, 5) is 45.2. The number of para-hydroxylation sites is 2. The molecule has 1 N–H and O–H groups in total. The van der Waals surface area contributed by atoms with Crippen molar-refractivity contribution in [3.05, 3.63) is 69.5 Å². The van der Waals surface area contributed by atoms with Gasteiger partial charge in [0.25, 0.3) is 11.6 Å². The summed E-state index contributed by atoms with van der Waals surface area (Å²) in [5, 5.41) is 11.3. The number of fused-ring (bicyclic) bond motifs is 1. The molecule has 0 saturated carbocycles. The van der Waals surface area contributed by atoms with Crippen molar-refractivity contribution in [2.45, 2.75) is 18.9 Å². The Labute approximate surface area is 165 Å². The fourth-order valence-corrected chi connectivity index (χ4v) is 3.67. The molecular weight excluding hydrogens is 376 g/mol. The number of nitrogens with zero attached hydrogens (tertiary/aromatic N) is 3. The van der Waals surface area contributed by atoms with Crippen LogP contribution in [-0.4, -0.2) is 45.3 Å². The van der Waals surface area contributed by atoms with Gasteiger partial charge in [0.05, 0.1) is 34.7 Å². The minimum Gasteiger partial charge on any atom is -0.465 e. The van der Waals surface area contributed by atoms with Gasteiger partial charge in [0.1, 0.15) is 5.82 Å². The van der Waals surface area contributed by atoms with E-state index in [9.17, 15) is 19.7 Å². The van der Waals surface area contributed by atoms with Crippen LogP contribution >= 0.6 is 0 Å².